The monoisotopic (exact) mass is 348 g/mol. The third-order valence-electron chi connectivity index (χ3n) is 0.327. The predicted molar refractivity (Wildman–Crippen MR) is 52.9 cm³/mol. The van der Waals surface area contributed by atoms with Crippen molar-refractivity contribution in [3.05, 3.63) is 0 Å². The predicted octanol–water partition coefficient (Wildman–Crippen LogP) is -3.46. The van der Waals surface area contributed by atoms with Crippen molar-refractivity contribution in [2.45, 2.75) is 0 Å². The number of carboxylic acid groups (broad SMARTS) is 3. The number of rotatable bonds is 3. The van der Waals surface area contributed by atoms with Gasteiger partial charge in [0.25, 0.3) is 0 Å². The molecule has 0 fully saturated rings. The van der Waals surface area contributed by atoms with Gasteiger partial charge in [0, 0.05) is 0 Å². The van der Waals surface area contributed by atoms with E-state index in [1.165, 1.54) is 0 Å². The molecule has 0 rings (SSSR count). The molecule has 0 aromatic carbocycles. The summed E-state index contributed by atoms with van der Waals surface area (Å²) in [5, 5.41) is 27.4. The Morgan fingerprint density at radius 2 is 0.750 bits per heavy atom. The van der Waals surface area contributed by atoms with E-state index in [-0.39, 0.29) is 19.8 Å². The van der Waals surface area contributed by atoms with Gasteiger partial charge >= 0.3 is 19.8 Å². The quantitative estimate of drug-likeness (QED) is 0.385. The smallest absolute Gasteiger partial charge is 0.549 e. The Labute approximate surface area is 120 Å². The molecule has 10 heteroatoms. The van der Waals surface area contributed by atoms with Crippen molar-refractivity contribution in [3.8, 4) is 0 Å². The Hall–Kier alpha value is -0.0836. The first-order valence-electron chi connectivity index (χ1n) is 3.09. The van der Waals surface area contributed by atoms with E-state index in [0.717, 1.165) is 0 Å². The molecule has 0 saturated carbocycles. The van der Waals surface area contributed by atoms with Crippen molar-refractivity contribution < 1.29 is 29.7 Å². The molecule has 0 unspecified atom stereocenters. The summed E-state index contributed by atoms with van der Waals surface area (Å²) in [6.07, 6.45) is 0. The Balaban J connectivity index is -0.0000000655. The summed E-state index contributed by atoms with van der Waals surface area (Å²) in [5.74, 6) is -4.94. The van der Waals surface area contributed by atoms with Crippen LogP contribution in [0.4, 0.5) is 0 Å². The van der Waals surface area contributed by atoms with Crippen molar-refractivity contribution >= 4 is 72.5 Å². The van der Waals surface area contributed by atoms with Crippen LogP contribution in [0.3, 0.4) is 0 Å². The molecule has 0 bridgehead atoms. The van der Waals surface area contributed by atoms with E-state index >= 15 is 0 Å². The first-order valence-corrected chi connectivity index (χ1v) is 4.69. The number of hydrogen-bond acceptors (Lipinski definition) is 6. The van der Waals surface area contributed by atoms with Gasteiger partial charge in [-0.15, -0.1) is 34.8 Å². The second kappa shape index (κ2) is 20.3. The second-order valence-electron chi connectivity index (χ2n) is 1.52. The van der Waals surface area contributed by atoms with E-state index in [9.17, 15) is 0 Å². The number of halogens is 3. The van der Waals surface area contributed by atoms with Crippen molar-refractivity contribution in [1.29, 1.82) is 0 Å². The maximum atomic E-state index is 9.12. The van der Waals surface area contributed by atoms with Gasteiger partial charge in [-0.05, 0) is 0 Å². The van der Waals surface area contributed by atoms with Gasteiger partial charge in [0.15, 0.2) is 0 Å². The number of alkyl halides is 3. The summed E-state index contributed by atoms with van der Waals surface area (Å²) in [6, 6.07) is 0. The molecule has 6 nitrogen and oxygen atoms in total. The maximum Gasteiger partial charge on any atom is 3.00 e. The summed E-state index contributed by atoms with van der Waals surface area (Å²) in [5.41, 5.74) is 0. The zero-order chi connectivity index (χ0) is 12.9. The molecule has 16 heavy (non-hydrogen) atoms. The van der Waals surface area contributed by atoms with Gasteiger partial charge in [0.1, 0.15) is 0 Å². The molecular weight excluding hydrogens is 344 g/mol. The maximum absolute atomic E-state index is 9.12. The van der Waals surface area contributed by atoms with E-state index in [2.05, 4.69) is 34.8 Å². The average Bonchev–Trinajstić information content (AvgIpc) is 2.19. The number of hydrogen-bond donors (Lipinski definition) is 0. The van der Waals surface area contributed by atoms with Crippen LogP contribution in [0.25, 0.3) is 0 Å². The number of carbonyl (C=O) groups is 3. The minimum absolute atomic E-state index is 0. The third-order valence-corrected chi connectivity index (χ3v) is 0.982. The molecule has 0 aliphatic carbocycles. The van der Waals surface area contributed by atoms with Crippen molar-refractivity contribution in [2.24, 2.45) is 0 Å². The first-order chi connectivity index (χ1) is 6.81. The van der Waals surface area contributed by atoms with Gasteiger partial charge in [-0.25, -0.2) is 0 Å². The summed E-state index contributed by atoms with van der Waals surface area (Å²) in [4.78, 5) is 27.4. The van der Waals surface area contributed by atoms with Crippen molar-refractivity contribution in [1.82, 2.24) is 0 Å². The molecule has 0 aromatic heterocycles. The molecule has 0 amide bonds. The fourth-order valence-electron chi connectivity index (χ4n) is 0. The van der Waals surface area contributed by atoms with Crippen LogP contribution in [0.1, 0.15) is 0 Å². The van der Waals surface area contributed by atoms with Crippen LogP contribution >= 0.6 is 34.8 Å². The van der Waals surface area contributed by atoms with E-state index in [4.69, 9.17) is 29.7 Å². The Kier molecular flexibility index (Phi) is 31.7. The van der Waals surface area contributed by atoms with Crippen LogP contribution in [-0.2, 0) is 14.4 Å². The van der Waals surface area contributed by atoms with Crippen LogP contribution in [0.15, 0.2) is 0 Å². The van der Waals surface area contributed by atoms with Gasteiger partial charge < -0.3 is 29.7 Å². The van der Waals surface area contributed by atoms with E-state index in [1.54, 1.807) is 0 Å². The van der Waals surface area contributed by atoms with Crippen LogP contribution in [0.5, 0.6) is 0 Å². The third kappa shape index (κ3) is 66.3. The zero-order valence-electron chi connectivity index (χ0n) is 7.78. The molecule has 0 aliphatic rings. The molecule has 0 saturated heterocycles. The molecule has 0 aliphatic heterocycles. The number of aliphatic carboxylic acids is 3. The van der Waals surface area contributed by atoms with Crippen molar-refractivity contribution in [3.63, 3.8) is 0 Å². The van der Waals surface area contributed by atoms with Crippen LogP contribution in [0.2, 0.25) is 0 Å². The normalized spacial score (nSPS) is 6.94. The molecule has 0 aromatic rings. The van der Waals surface area contributed by atoms with Crippen molar-refractivity contribution in [2.75, 3.05) is 17.6 Å². The van der Waals surface area contributed by atoms with E-state index in [0.29, 0.717) is 0 Å². The zero-order valence-corrected chi connectivity index (χ0v) is 12.5. The molecule has 90 valence electrons. The number of carboxylic acids is 3. The van der Waals surface area contributed by atoms with Gasteiger partial charge in [0.05, 0.1) is 35.5 Å². The van der Waals surface area contributed by atoms with E-state index < -0.39 is 35.5 Å². The molecule has 0 radical (unpaired) electrons. The molecule has 0 N–H and O–H groups in total. The molecular formula is C6H6Cl3GaO6. The summed E-state index contributed by atoms with van der Waals surface area (Å²) in [7, 11) is 0. The second-order valence-corrected chi connectivity index (χ2v) is 2.32. The van der Waals surface area contributed by atoms with Crippen LogP contribution < -0.4 is 15.3 Å². The largest absolute Gasteiger partial charge is 3.00 e. The fraction of sp³-hybridized carbons (Fsp3) is 0.500. The minimum Gasteiger partial charge on any atom is -0.549 e. The first kappa shape index (κ1) is 24.9. The average molecular weight is 350 g/mol. The fourth-order valence-corrected chi connectivity index (χ4v) is 0. The SMILES string of the molecule is O=C([O-])CCl.O=C([O-])CCl.O=C([O-])CCl.[Ga+3]. The van der Waals surface area contributed by atoms with Crippen LogP contribution in [0, 0.1) is 0 Å². The van der Waals surface area contributed by atoms with E-state index in [1.807, 2.05) is 0 Å². The Bertz CT molecular complexity index is 167. The summed E-state index contributed by atoms with van der Waals surface area (Å²) >= 11 is 14.0. The van der Waals surface area contributed by atoms with Gasteiger partial charge in [-0.3, -0.25) is 0 Å². The Morgan fingerprint density at radius 1 is 0.688 bits per heavy atom. The summed E-state index contributed by atoms with van der Waals surface area (Å²) in [6.45, 7) is 0. The van der Waals surface area contributed by atoms with Gasteiger partial charge in [0.2, 0.25) is 0 Å². The standard InChI is InChI=1S/3C2H3ClO2.Ga/c3*3-1-2(4)5;/h3*1H2,(H,4,5);/q;;;+3/p-3. The summed E-state index contributed by atoms with van der Waals surface area (Å²) < 4.78 is 0. The molecule has 0 spiro atoms. The van der Waals surface area contributed by atoms with Crippen LogP contribution in [-0.4, -0.2) is 55.3 Å². The number of carbonyl (C=O) groups excluding carboxylic acids is 3. The Morgan fingerprint density at radius 3 is 0.750 bits per heavy atom. The molecule has 0 atom stereocenters. The minimum atomic E-state index is -1.23. The van der Waals surface area contributed by atoms with Gasteiger partial charge in [-0.1, -0.05) is 0 Å². The van der Waals surface area contributed by atoms with Gasteiger partial charge in [-0.2, -0.15) is 0 Å². The molecule has 0 heterocycles. The topological polar surface area (TPSA) is 120 Å².